The van der Waals surface area contributed by atoms with Crippen LogP contribution >= 0.6 is 0 Å². The fourth-order valence-corrected chi connectivity index (χ4v) is 3.86. The van der Waals surface area contributed by atoms with Gasteiger partial charge in [-0.1, -0.05) is 36.4 Å². The molecule has 146 valence electrons. The third-order valence-electron chi connectivity index (χ3n) is 5.41. The van der Waals surface area contributed by atoms with E-state index in [-0.39, 0.29) is 5.91 Å². The molecule has 0 N–H and O–H groups in total. The smallest absolute Gasteiger partial charge is 0.274 e. The molecule has 1 aromatic carbocycles. The predicted octanol–water partition coefficient (Wildman–Crippen LogP) is 2.52. The summed E-state index contributed by atoms with van der Waals surface area (Å²) < 4.78 is 4.07. The lowest BCUT2D eigenvalue weighted by Crippen LogP contribution is -2.34. The molecule has 0 spiro atoms. The lowest BCUT2D eigenvalue weighted by molar-refractivity contribution is 0.0753. The summed E-state index contributed by atoms with van der Waals surface area (Å²) in [6, 6.07) is 14.2. The number of nitrogens with zero attached hydrogens (tertiary/aromatic N) is 6. The molecule has 0 saturated heterocycles. The van der Waals surface area contributed by atoms with E-state index in [1.165, 1.54) is 5.56 Å². The predicted molar refractivity (Wildman–Crippen MR) is 109 cm³/mol. The second-order valence-corrected chi connectivity index (χ2v) is 7.49. The van der Waals surface area contributed by atoms with Gasteiger partial charge in [0.05, 0.1) is 0 Å². The molecule has 1 aliphatic rings. The summed E-state index contributed by atoms with van der Waals surface area (Å²) in [4.78, 5) is 19.4. The number of imidazole rings is 1. The zero-order valence-electron chi connectivity index (χ0n) is 16.3. The van der Waals surface area contributed by atoms with E-state index in [2.05, 4.69) is 31.9 Å². The second kappa shape index (κ2) is 7.16. The maximum absolute atomic E-state index is 13.1. The summed E-state index contributed by atoms with van der Waals surface area (Å²) in [7, 11) is 0. The molecule has 0 unspecified atom stereocenters. The monoisotopic (exact) mass is 386 g/mol. The number of hydrogen-bond acceptors (Lipinski definition) is 4. The Balaban J connectivity index is 1.34. The molecule has 7 nitrogen and oxygen atoms in total. The van der Waals surface area contributed by atoms with Crippen LogP contribution < -0.4 is 0 Å². The number of hydrogen-bond donors (Lipinski definition) is 0. The average molecular weight is 386 g/mol. The van der Waals surface area contributed by atoms with Gasteiger partial charge in [0, 0.05) is 44.9 Å². The van der Waals surface area contributed by atoms with E-state index in [4.69, 9.17) is 0 Å². The molecular weight excluding hydrogens is 364 g/mol. The number of benzene rings is 1. The normalized spacial score (nSPS) is 14.0. The lowest BCUT2D eigenvalue weighted by Gasteiger charge is -2.18. The van der Waals surface area contributed by atoms with Crippen molar-refractivity contribution in [3.8, 4) is 0 Å². The van der Waals surface area contributed by atoms with E-state index in [0.29, 0.717) is 31.7 Å². The van der Waals surface area contributed by atoms with Crippen molar-refractivity contribution in [3.05, 3.63) is 83.3 Å². The van der Waals surface area contributed by atoms with Crippen molar-refractivity contribution in [3.63, 3.8) is 0 Å². The van der Waals surface area contributed by atoms with Crippen LogP contribution in [-0.2, 0) is 19.4 Å². The fourth-order valence-electron chi connectivity index (χ4n) is 3.86. The van der Waals surface area contributed by atoms with Gasteiger partial charge < -0.3 is 13.9 Å². The zero-order chi connectivity index (χ0) is 19.8. The largest absolute Gasteiger partial charge is 0.335 e. The highest BCUT2D eigenvalue weighted by molar-refractivity contribution is 5.93. The number of fused-ring (bicyclic) bond motifs is 2. The highest BCUT2D eigenvalue weighted by Gasteiger charge is 2.24. The third-order valence-corrected chi connectivity index (χ3v) is 5.41. The maximum Gasteiger partial charge on any atom is 0.274 e. The number of aromatic nitrogens is 5. The van der Waals surface area contributed by atoms with Crippen LogP contribution in [0.15, 0.2) is 54.9 Å². The number of amides is 1. The van der Waals surface area contributed by atoms with E-state index in [0.717, 1.165) is 29.3 Å². The van der Waals surface area contributed by atoms with Crippen LogP contribution in [0, 0.1) is 6.92 Å². The number of aryl methyl sites for hydroxylation is 1. The first-order valence-electron chi connectivity index (χ1n) is 9.87. The summed E-state index contributed by atoms with van der Waals surface area (Å²) in [6.45, 7) is 3.97. The average Bonchev–Trinajstić information content (AvgIpc) is 3.25. The minimum absolute atomic E-state index is 0.0327. The lowest BCUT2D eigenvalue weighted by atomic mass is 10.1. The Bertz CT molecular complexity index is 1180. The molecule has 29 heavy (non-hydrogen) atoms. The molecule has 0 aliphatic carbocycles. The SMILES string of the molecule is Cc1ccc2nc(C(=O)N3CCc4nnc(Cc5ccccc5)n4CC3)cn2c1. The maximum atomic E-state index is 13.1. The van der Waals surface area contributed by atoms with Gasteiger partial charge in [-0.3, -0.25) is 4.79 Å². The van der Waals surface area contributed by atoms with Gasteiger partial charge in [-0.15, -0.1) is 10.2 Å². The highest BCUT2D eigenvalue weighted by Crippen LogP contribution is 2.16. The first kappa shape index (κ1) is 17.6. The van der Waals surface area contributed by atoms with E-state index in [1.54, 1.807) is 0 Å². The van der Waals surface area contributed by atoms with Gasteiger partial charge in [0.25, 0.3) is 5.91 Å². The van der Waals surface area contributed by atoms with Crippen LogP contribution in [0.25, 0.3) is 5.65 Å². The molecular formula is C22H22N6O. The summed E-state index contributed by atoms with van der Waals surface area (Å²) in [5.74, 6) is 1.86. The fraction of sp³-hybridized carbons (Fsp3) is 0.273. The summed E-state index contributed by atoms with van der Waals surface area (Å²) in [5.41, 5.74) is 3.61. The van der Waals surface area contributed by atoms with Crippen molar-refractivity contribution in [2.24, 2.45) is 0 Å². The van der Waals surface area contributed by atoms with Gasteiger partial charge in [0.1, 0.15) is 23.0 Å². The Hall–Kier alpha value is -3.48. The first-order chi connectivity index (χ1) is 14.2. The van der Waals surface area contributed by atoms with E-state index < -0.39 is 0 Å². The molecule has 4 heterocycles. The molecule has 1 amide bonds. The highest BCUT2D eigenvalue weighted by atomic mass is 16.2. The van der Waals surface area contributed by atoms with E-state index in [1.807, 2.05) is 58.9 Å². The van der Waals surface area contributed by atoms with Crippen molar-refractivity contribution in [1.29, 1.82) is 0 Å². The number of pyridine rings is 1. The van der Waals surface area contributed by atoms with Gasteiger partial charge in [0.15, 0.2) is 0 Å². The van der Waals surface area contributed by atoms with E-state index in [9.17, 15) is 4.79 Å². The molecule has 7 heteroatoms. The Labute approximate surface area is 168 Å². The Morgan fingerprint density at radius 2 is 1.86 bits per heavy atom. The van der Waals surface area contributed by atoms with Gasteiger partial charge in [-0.2, -0.15) is 0 Å². The van der Waals surface area contributed by atoms with E-state index >= 15 is 0 Å². The van der Waals surface area contributed by atoms with Crippen LogP contribution in [0.1, 0.15) is 33.3 Å². The quantitative estimate of drug-likeness (QED) is 0.543. The van der Waals surface area contributed by atoms with Gasteiger partial charge >= 0.3 is 0 Å². The van der Waals surface area contributed by atoms with Crippen molar-refractivity contribution < 1.29 is 4.79 Å². The van der Waals surface area contributed by atoms with Crippen LogP contribution in [0.5, 0.6) is 0 Å². The zero-order valence-corrected chi connectivity index (χ0v) is 16.3. The molecule has 5 rings (SSSR count). The minimum atomic E-state index is -0.0327. The Morgan fingerprint density at radius 3 is 2.72 bits per heavy atom. The molecule has 0 bridgehead atoms. The van der Waals surface area contributed by atoms with Crippen LogP contribution in [0.4, 0.5) is 0 Å². The van der Waals surface area contributed by atoms with Crippen LogP contribution in [0.3, 0.4) is 0 Å². The van der Waals surface area contributed by atoms with Gasteiger partial charge in [-0.05, 0) is 24.1 Å². The minimum Gasteiger partial charge on any atom is -0.335 e. The van der Waals surface area contributed by atoms with Crippen molar-refractivity contribution in [2.45, 2.75) is 26.3 Å². The molecule has 1 aliphatic heterocycles. The van der Waals surface area contributed by atoms with Crippen molar-refractivity contribution >= 4 is 11.6 Å². The van der Waals surface area contributed by atoms with Crippen LogP contribution in [-0.4, -0.2) is 48.0 Å². The number of carbonyl (C=O) groups is 1. The molecule has 0 atom stereocenters. The first-order valence-corrected chi connectivity index (χ1v) is 9.87. The molecule has 4 aromatic rings. The van der Waals surface area contributed by atoms with Crippen molar-refractivity contribution in [1.82, 2.24) is 29.0 Å². The molecule has 0 saturated carbocycles. The second-order valence-electron chi connectivity index (χ2n) is 7.49. The summed E-state index contributed by atoms with van der Waals surface area (Å²) in [5, 5.41) is 8.77. The molecule has 0 fully saturated rings. The topological polar surface area (TPSA) is 68.3 Å². The number of carbonyl (C=O) groups excluding carboxylic acids is 1. The number of rotatable bonds is 3. The summed E-state index contributed by atoms with van der Waals surface area (Å²) >= 11 is 0. The van der Waals surface area contributed by atoms with Crippen LogP contribution in [0.2, 0.25) is 0 Å². The standard InChI is InChI=1S/C22H22N6O/c1-16-7-8-19-23-18(15-27(19)14-16)22(29)26-10-9-20-24-25-21(28(20)12-11-26)13-17-5-3-2-4-6-17/h2-8,14-15H,9-13H2,1H3. The molecule has 3 aromatic heterocycles. The van der Waals surface area contributed by atoms with Gasteiger partial charge in [-0.25, -0.2) is 4.98 Å². The van der Waals surface area contributed by atoms with Gasteiger partial charge in [0.2, 0.25) is 0 Å². The Kier molecular flexibility index (Phi) is 4.35. The molecule has 0 radical (unpaired) electrons. The Morgan fingerprint density at radius 1 is 1.00 bits per heavy atom. The third kappa shape index (κ3) is 3.40. The summed E-state index contributed by atoms with van der Waals surface area (Å²) in [6.07, 6.45) is 5.24. The van der Waals surface area contributed by atoms with Crippen molar-refractivity contribution in [2.75, 3.05) is 13.1 Å².